The average molecular weight is 507 g/mol. The number of unbranched alkanes of at least 4 members (excludes halogenated alkanes) is 10. The molecular weight excluding hydrogens is 456 g/mol. The molecule has 2 heterocycles. The van der Waals surface area contributed by atoms with E-state index >= 15 is 0 Å². The molecule has 3 rings (SSSR count). The van der Waals surface area contributed by atoms with E-state index in [9.17, 15) is 4.79 Å². The number of hydrogen-bond donors (Lipinski definition) is 0. The molecule has 2 atom stereocenters. The lowest BCUT2D eigenvalue weighted by atomic mass is 9.95. The van der Waals surface area contributed by atoms with Crippen molar-refractivity contribution in [2.45, 2.75) is 136 Å². The number of hydrogen-bond acceptors (Lipinski definition) is 4. The van der Waals surface area contributed by atoms with E-state index in [1.807, 2.05) is 12.4 Å². The number of carbonyl (C=O) groups is 1. The second kappa shape index (κ2) is 17.3. The highest BCUT2D eigenvalue weighted by Crippen LogP contribution is 2.29. The molecule has 37 heavy (non-hydrogen) atoms. The molecule has 0 radical (unpaired) electrons. The SMILES string of the molecule is CCCCCCCCCCc1cnc(-c2ccc(CCC[C@H]3C[C@@H](CCCCCC)OC3=O)cc2)nc1. The molecule has 1 aliphatic rings. The van der Waals surface area contributed by atoms with E-state index in [0.717, 1.165) is 49.9 Å². The van der Waals surface area contributed by atoms with Gasteiger partial charge in [0.1, 0.15) is 6.10 Å². The molecule has 2 aromatic rings. The van der Waals surface area contributed by atoms with Crippen molar-refractivity contribution in [1.29, 1.82) is 0 Å². The first-order chi connectivity index (χ1) is 18.2. The zero-order valence-corrected chi connectivity index (χ0v) is 23.6. The molecule has 1 aromatic carbocycles. The first-order valence-electron chi connectivity index (χ1n) is 15.3. The first-order valence-corrected chi connectivity index (χ1v) is 15.3. The van der Waals surface area contributed by atoms with Crippen LogP contribution >= 0.6 is 0 Å². The highest BCUT2D eigenvalue weighted by atomic mass is 16.5. The van der Waals surface area contributed by atoms with E-state index in [2.05, 4.69) is 48.1 Å². The van der Waals surface area contributed by atoms with Gasteiger partial charge in [-0.15, -0.1) is 0 Å². The third-order valence-electron chi connectivity index (χ3n) is 7.80. The van der Waals surface area contributed by atoms with E-state index in [4.69, 9.17) is 4.74 Å². The van der Waals surface area contributed by atoms with Gasteiger partial charge in [0.2, 0.25) is 0 Å². The number of aromatic nitrogens is 2. The highest BCUT2D eigenvalue weighted by Gasteiger charge is 2.33. The molecule has 0 bridgehead atoms. The number of esters is 1. The monoisotopic (exact) mass is 506 g/mol. The molecule has 0 aliphatic carbocycles. The Morgan fingerprint density at radius 2 is 1.30 bits per heavy atom. The van der Waals surface area contributed by atoms with Crippen molar-refractivity contribution in [1.82, 2.24) is 9.97 Å². The standard InChI is InChI=1S/C33H50N2O2/c1-3-5-7-9-10-11-12-13-16-28-25-34-32(35-26-28)29-22-20-27(21-23-29)17-15-18-30-24-31(37-33(30)36)19-14-8-6-4-2/h20-23,25-26,30-31H,3-19,24H2,1-2H3/t30-,31+/m0/s1. The molecule has 0 unspecified atom stereocenters. The Morgan fingerprint density at radius 1 is 0.703 bits per heavy atom. The van der Waals surface area contributed by atoms with Crippen LogP contribution in [0.5, 0.6) is 0 Å². The van der Waals surface area contributed by atoms with Gasteiger partial charge in [0, 0.05) is 18.0 Å². The van der Waals surface area contributed by atoms with Gasteiger partial charge in [0.25, 0.3) is 0 Å². The van der Waals surface area contributed by atoms with Crippen LogP contribution in [0, 0.1) is 5.92 Å². The summed E-state index contributed by atoms with van der Waals surface area (Å²) in [7, 11) is 0. The fraction of sp³-hybridized carbons (Fsp3) is 0.667. The molecule has 1 saturated heterocycles. The minimum Gasteiger partial charge on any atom is -0.462 e. The molecule has 1 fully saturated rings. The number of ether oxygens (including phenoxy) is 1. The molecular formula is C33H50N2O2. The lowest BCUT2D eigenvalue weighted by molar-refractivity contribution is -0.144. The fourth-order valence-corrected chi connectivity index (χ4v) is 5.40. The van der Waals surface area contributed by atoms with Gasteiger partial charge in [-0.3, -0.25) is 4.79 Å². The fourth-order valence-electron chi connectivity index (χ4n) is 5.40. The average Bonchev–Trinajstić information content (AvgIpc) is 3.28. The third-order valence-corrected chi connectivity index (χ3v) is 7.80. The van der Waals surface area contributed by atoms with Crippen molar-refractivity contribution in [2.75, 3.05) is 0 Å². The molecule has 1 aliphatic heterocycles. The van der Waals surface area contributed by atoms with Crippen molar-refractivity contribution in [3.05, 3.63) is 47.8 Å². The molecule has 4 nitrogen and oxygen atoms in total. The van der Waals surface area contributed by atoms with Crippen molar-refractivity contribution in [3.63, 3.8) is 0 Å². The van der Waals surface area contributed by atoms with Crippen LogP contribution < -0.4 is 0 Å². The van der Waals surface area contributed by atoms with Gasteiger partial charge in [-0.05, 0) is 62.5 Å². The van der Waals surface area contributed by atoms with E-state index < -0.39 is 0 Å². The quantitative estimate of drug-likeness (QED) is 0.141. The van der Waals surface area contributed by atoms with E-state index in [-0.39, 0.29) is 18.0 Å². The van der Waals surface area contributed by atoms with E-state index in [1.54, 1.807) is 0 Å². The molecule has 4 heteroatoms. The topological polar surface area (TPSA) is 52.1 Å². The summed E-state index contributed by atoms with van der Waals surface area (Å²) < 4.78 is 5.63. The third kappa shape index (κ3) is 11.0. The van der Waals surface area contributed by atoms with Gasteiger partial charge in [-0.25, -0.2) is 9.97 Å². The Balaban J connectivity index is 1.32. The first kappa shape index (κ1) is 29.3. The van der Waals surface area contributed by atoms with Gasteiger partial charge in [0.05, 0.1) is 5.92 Å². The van der Waals surface area contributed by atoms with Gasteiger partial charge in [-0.1, -0.05) is 102 Å². The van der Waals surface area contributed by atoms with Gasteiger partial charge in [0.15, 0.2) is 5.82 Å². The zero-order valence-electron chi connectivity index (χ0n) is 23.6. The van der Waals surface area contributed by atoms with Crippen LogP contribution in [0.25, 0.3) is 11.4 Å². The van der Waals surface area contributed by atoms with Gasteiger partial charge >= 0.3 is 5.97 Å². The predicted molar refractivity (Wildman–Crippen MR) is 153 cm³/mol. The van der Waals surface area contributed by atoms with Crippen LogP contribution in [0.4, 0.5) is 0 Å². The molecule has 1 aromatic heterocycles. The maximum Gasteiger partial charge on any atom is 0.309 e. The van der Waals surface area contributed by atoms with E-state index in [0.29, 0.717) is 0 Å². The summed E-state index contributed by atoms with van der Waals surface area (Å²) in [6.07, 6.45) is 25.8. The number of nitrogens with zero attached hydrogens (tertiary/aromatic N) is 2. The Morgan fingerprint density at radius 3 is 1.97 bits per heavy atom. The largest absolute Gasteiger partial charge is 0.462 e. The lowest BCUT2D eigenvalue weighted by Crippen LogP contribution is -2.07. The Hall–Kier alpha value is -2.23. The number of benzene rings is 1. The number of cyclic esters (lactones) is 1. The molecule has 0 amide bonds. The van der Waals surface area contributed by atoms with Crippen LogP contribution in [-0.2, 0) is 22.4 Å². The van der Waals surface area contributed by atoms with Crippen molar-refractivity contribution in [3.8, 4) is 11.4 Å². The highest BCUT2D eigenvalue weighted by molar-refractivity contribution is 5.74. The summed E-state index contributed by atoms with van der Waals surface area (Å²) in [6, 6.07) is 8.60. The number of carbonyl (C=O) groups excluding carboxylic acids is 1. The molecule has 0 saturated carbocycles. The summed E-state index contributed by atoms with van der Waals surface area (Å²) in [5.41, 5.74) is 3.60. The van der Waals surface area contributed by atoms with Crippen molar-refractivity contribution < 1.29 is 9.53 Å². The van der Waals surface area contributed by atoms with Crippen LogP contribution in [-0.4, -0.2) is 22.0 Å². The maximum absolute atomic E-state index is 12.2. The Bertz CT molecular complexity index is 878. The number of aryl methyl sites for hydroxylation is 2. The van der Waals surface area contributed by atoms with Crippen LogP contribution in [0.15, 0.2) is 36.7 Å². The molecule has 0 spiro atoms. The van der Waals surface area contributed by atoms with E-state index in [1.165, 1.54) is 88.2 Å². The normalized spacial score (nSPS) is 17.3. The van der Waals surface area contributed by atoms with Gasteiger partial charge < -0.3 is 4.74 Å². The minimum atomic E-state index is 0.0267. The Labute approximate surface area is 226 Å². The smallest absolute Gasteiger partial charge is 0.309 e. The summed E-state index contributed by atoms with van der Waals surface area (Å²) in [5, 5.41) is 0. The zero-order chi connectivity index (χ0) is 26.1. The summed E-state index contributed by atoms with van der Waals surface area (Å²) in [6.45, 7) is 4.50. The van der Waals surface area contributed by atoms with Crippen LogP contribution in [0.2, 0.25) is 0 Å². The van der Waals surface area contributed by atoms with Crippen LogP contribution in [0.3, 0.4) is 0 Å². The second-order valence-electron chi connectivity index (χ2n) is 11.1. The van der Waals surface area contributed by atoms with Gasteiger partial charge in [-0.2, -0.15) is 0 Å². The second-order valence-corrected chi connectivity index (χ2v) is 11.1. The van der Waals surface area contributed by atoms with Crippen LogP contribution in [0.1, 0.15) is 128 Å². The Kier molecular flexibility index (Phi) is 13.7. The summed E-state index contributed by atoms with van der Waals surface area (Å²) >= 11 is 0. The predicted octanol–water partition coefficient (Wildman–Crippen LogP) is 9.05. The van der Waals surface area contributed by atoms with Crippen molar-refractivity contribution >= 4 is 5.97 Å². The summed E-state index contributed by atoms with van der Waals surface area (Å²) in [4.78, 5) is 21.5. The van der Waals surface area contributed by atoms with Crippen molar-refractivity contribution in [2.24, 2.45) is 5.92 Å². The lowest BCUT2D eigenvalue weighted by Gasteiger charge is -2.08. The molecule has 204 valence electrons. The molecule has 0 N–H and O–H groups in total. The minimum absolute atomic E-state index is 0.0267. The maximum atomic E-state index is 12.2. The number of rotatable bonds is 19. The summed E-state index contributed by atoms with van der Waals surface area (Å²) in [5.74, 6) is 0.914.